The SMILES string of the molecule is COc1ccc(CNC(=O)[C@@H]2COCC(=O)N2Cc2ccc(C)cc2)cc1OC. The molecular weight excluding hydrogens is 372 g/mol. The largest absolute Gasteiger partial charge is 0.493 e. The second-order valence-electron chi connectivity index (χ2n) is 6.95. The van der Waals surface area contributed by atoms with E-state index in [0.29, 0.717) is 24.6 Å². The van der Waals surface area contributed by atoms with Gasteiger partial charge in [-0.3, -0.25) is 9.59 Å². The maximum Gasteiger partial charge on any atom is 0.249 e. The number of benzene rings is 2. The van der Waals surface area contributed by atoms with Crippen LogP contribution >= 0.6 is 0 Å². The second kappa shape index (κ2) is 9.43. The Morgan fingerprint density at radius 1 is 1.10 bits per heavy atom. The fourth-order valence-electron chi connectivity index (χ4n) is 3.21. The Balaban J connectivity index is 1.67. The van der Waals surface area contributed by atoms with E-state index in [1.54, 1.807) is 25.2 Å². The number of nitrogens with one attached hydrogen (secondary N) is 1. The maximum atomic E-state index is 12.8. The van der Waals surface area contributed by atoms with Crippen LogP contribution in [0.15, 0.2) is 42.5 Å². The van der Waals surface area contributed by atoms with Gasteiger partial charge in [-0.2, -0.15) is 0 Å². The Bertz CT molecular complexity index is 866. The van der Waals surface area contributed by atoms with Crippen molar-refractivity contribution in [1.29, 1.82) is 0 Å². The molecular formula is C22H26N2O5. The van der Waals surface area contributed by atoms with Crippen LogP contribution in [0.3, 0.4) is 0 Å². The molecule has 1 aliphatic heterocycles. The molecule has 154 valence electrons. The molecule has 0 saturated carbocycles. The zero-order chi connectivity index (χ0) is 20.8. The zero-order valence-electron chi connectivity index (χ0n) is 16.9. The first-order chi connectivity index (χ1) is 14.0. The summed E-state index contributed by atoms with van der Waals surface area (Å²) in [5.41, 5.74) is 2.99. The zero-order valence-corrected chi connectivity index (χ0v) is 16.9. The van der Waals surface area contributed by atoms with E-state index >= 15 is 0 Å². The van der Waals surface area contributed by atoms with Crippen LogP contribution in [0, 0.1) is 6.92 Å². The van der Waals surface area contributed by atoms with Gasteiger partial charge >= 0.3 is 0 Å². The molecule has 7 heteroatoms. The lowest BCUT2D eigenvalue weighted by Gasteiger charge is -2.34. The Kier molecular flexibility index (Phi) is 6.72. The van der Waals surface area contributed by atoms with Crippen LogP contribution in [0.1, 0.15) is 16.7 Å². The van der Waals surface area contributed by atoms with Crippen molar-refractivity contribution in [2.75, 3.05) is 27.4 Å². The number of carbonyl (C=O) groups is 2. The van der Waals surface area contributed by atoms with Crippen molar-refractivity contribution in [2.45, 2.75) is 26.1 Å². The standard InChI is InChI=1S/C22H26N2O5/c1-15-4-6-16(7-5-15)12-24-18(13-29-14-21(24)25)22(26)23-11-17-8-9-19(27-2)20(10-17)28-3/h4-10,18H,11-14H2,1-3H3,(H,23,26)/t18-/m0/s1. The average Bonchev–Trinajstić information content (AvgIpc) is 2.74. The molecule has 7 nitrogen and oxygen atoms in total. The topological polar surface area (TPSA) is 77.1 Å². The highest BCUT2D eigenvalue weighted by Crippen LogP contribution is 2.27. The van der Waals surface area contributed by atoms with Gasteiger partial charge in [0.25, 0.3) is 0 Å². The van der Waals surface area contributed by atoms with Crippen molar-refractivity contribution in [1.82, 2.24) is 10.2 Å². The van der Waals surface area contributed by atoms with Gasteiger partial charge in [0.1, 0.15) is 12.6 Å². The van der Waals surface area contributed by atoms with Gasteiger partial charge in [-0.15, -0.1) is 0 Å². The smallest absolute Gasteiger partial charge is 0.249 e. The summed E-state index contributed by atoms with van der Waals surface area (Å²) in [6.07, 6.45) is 0. The summed E-state index contributed by atoms with van der Waals surface area (Å²) < 4.78 is 15.9. The number of nitrogens with zero attached hydrogens (tertiary/aromatic N) is 1. The number of rotatable bonds is 7. The van der Waals surface area contributed by atoms with Crippen molar-refractivity contribution >= 4 is 11.8 Å². The second-order valence-corrected chi connectivity index (χ2v) is 6.95. The van der Waals surface area contributed by atoms with Gasteiger partial charge < -0.3 is 24.4 Å². The lowest BCUT2D eigenvalue weighted by atomic mass is 10.1. The molecule has 1 atom stereocenters. The number of carbonyl (C=O) groups excluding carboxylic acids is 2. The number of hydrogen-bond donors (Lipinski definition) is 1. The number of morpholine rings is 1. The summed E-state index contributed by atoms with van der Waals surface area (Å²) >= 11 is 0. The highest BCUT2D eigenvalue weighted by molar-refractivity contribution is 5.89. The van der Waals surface area contributed by atoms with Crippen LogP contribution in [0.25, 0.3) is 0 Å². The van der Waals surface area contributed by atoms with Gasteiger partial charge in [0.2, 0.25) is 11.8 Å². The third kappa shape index (κ3) is 5.06. The van der Waals surface area contributed by atoms with Crippen molar-refractivity contribution in [3.05, 3.63) is 59.2 Å². The Morgan fingerprint density at radius 3 is 2.48 bits per heavy atom. The van der Waals surface area contributed by atoms with Crippen molar-refractivity contribution in [3.63, 3.8) is 0 Å². The lowest BCUT2D eigenvalue weighted by molar-refractivity contribution is -0.155. The van der Waals surface area contributed by atoms with Crippen molar-refractivity contribution in [3.8, 4) is 11.5 Å². The van der Waals surface area contributed by atoms with Crippen molar-refractivity contribution in [2.24, 2.45) is 0 Å². The normalized spacial score (nSPS) is 16.4. The predicted molar refractivity (Wildman–Crippen MR) is 108 cm³/mol. The summed E-state index contributed by atoms with van der Waals surface area (Å²) in [4.78, 5) is 26.8. The minimum absolute atomic E-state index is 0.00861. The Labute approximate surface area is 170 Å². The van der Waals surface area contributed by atoms with Gasteiger partial charge in [-0.1, -0.05) is 35.9 Å². The molecule has 1 heterocycles. The predicted octanol–water partition coefficient (Wildman–Crippen LogP) is 2.06. The number of ether oxygens (including phenoxy) is 3. The first kappa shape index (κ1) is 20.7. The number of methoxy groups -OCH3 is 2. The summed E-state index contributed by atoms with van der Waals surface area (Å²) in [6.45, 7) is 2.86. The van der Waals surface area contributed by atoms with E-state index in [4.69, 9.17) is 14.2 Å². The maximum absolute atomic E-state index is 12.8. The molecule has 2 aromatic rings. The summed E-state index contributed by atoms with van der Waals surface area (Å²) in [7, 11) is 3.14. The van der Waals surface area contributed by atoms with Crippen LogP contribution < -0.4 is 14.8 Å². The van der Waals surface area contributed by atoms with E-state index < -0.39 is 6.04 Å². The van der Waals surface area contributed by atoms with Crippen LogP contribution in [0.4, 0.5) is 0 Å². The average molecular weight is 398 g/mol. The quantitative estimate of drug-likeness (QED) is 0.773. The van der Waals surface area contributed by atoms with Gasteiger partial charge in [0, 0.05) is 13.1 Å². The van der Waals surface area contributed by atoms with Crippen molar-refractivity contribution < 1.29 is 23.8 Å². The van der Waals surface area contributed by atoms with Gasteiger partial charge in [0.05, 0.1) is 20.8 Å². The van der Waals surface area contributed by atoms with E-state index in [2.05, 4.69) is 5.32 Å². The molecule has 1 aliphatic rings. The van der Waals surface area contributed by atoms with Gasteiger partial charge in [0.15, 0.2) is 11.5 Å². The molecule has 1 saturated heterocycles. The number of aryl methyl sites for hydroxylation is 1. The minimum Gasteiger partial charge on any atom is -0.493 e. The third-order valence-corrected chi connectivity index (χ3v) is 4.89. The third-order valence-electron chi connectivity index (χ3n) is 4.89. The van der Waals surface area contributed by atoms with E-state index in [1.807, 2.05) is 43.3 Å². The minimum atomic E-state index is -0.669. The molecule has 0 bridgehead atoms. The number of amides is 2. The fraction of sp³-hybridized carbons (Fsp3) is 0.364. The molecule has 0 radical (unpaired) electrons. The summed E-state index contributed by atoms with van der Waals surface area (Å²) in [5.74, 6) is 0.776. The first-order valence-electron chi connectivity index (χ1n) is 9.43. The van der Waals surface area contributed by atoms with Gasteiger partial charge in [-0.25, -0.2) is 0 Å². The Hall–Kier alpha value is -3.06. The molecule has 0 aromatic heterocycles. The van der Waals surface area contributed by atoms with E-state index in [1.165, 1.54) is 0 Å². The highest BCUT2D eigenvalue weighted by Gasteiger charge is 2.33. The fourth-order valence-corrected chi connectivity index (χ4v) is 3.21. The monoisotopic (exact) mass is 398 g/mol. The van der Waals surface area contributed by atoms with E-state index in [0.717, 1.165) is 16.7 Å². The molecule has 0 unspecified atom stereocenters. The van der Waals surface area contributed by atoms with Gasteiger partial charge in [-0.05, 0) is 30.2 Å². The molecule has 3 rings (SSSR count). The van der Waals surface area contributed by atoms with Crippen LogP contribution in [-0.4, -0.2) is 50.2 Å². The molecule has 2 amide bonds. The molecule has 1 N–H and O–H groups in total. The molecule has 0 spiro atoms. The molecule has 1 fully saturated rings. The summed E-state index contributed by atoms with van der Waals surface area (Å²) in [5, 5.41) is 2.89. The molecule has 0 aliphatic carbocycles. The molecule has 2 aromatic carbocycles. The van der Waals surface area contributed by atoms with E-state index in [9.17, 15) is 9.59 Å². The summed E-state index contributed by atoms with van der Waals surface area (Å²) in [6, 6.07) is 12.7. The van der Waals surface area contributed by atoms with Crippen LogP contribution in [0.2, 0.25) is 0 Å². The Morgan fingerprint density at radius 2 is 1.79 bits per heavy atom. The lowest BCUT2D eigenvalue weighted by Crippen LogP contribution is -2.55. The van der Waals surface area contributed by atoms with Crippen LogP contribution in [0.5, 0.6) is 11.5 Å². The number of hydrogen-bond acceptors (Lipinski definition) is 5. The molecule has 29 heavy (non-hydrogen) atoms. The highest BCUT2D eigenvalue weighted by atomic mass is 16.5. The van der Waals surface area contributed by atoms with Crippen LogP contribution in [-0.2, 0) is 27.4 Å². The first-order valence-corrected chi connectivity index (χ1v) is 9.43. The van der Waals surface area contributed by atoms with E-state index in [-0.39, 0.29) is 25.0 Å².